The van der Waals surface area contributed by atoms with Gasteiger partial charge in [-0.3, -0.25) is 4.79 Å². The molecule has 19 heavy (non-hydrogen) atoms. The van der Waals surface area contributed by atoms with Crippen molar-refractivity contribution < 1.29 is 4.79 Å². The van der Waals surface area contributed by atoms with Gasteiger partial charge in [-0.1, -0.05) is 37.7 Å². The van der Waals surface area contributed by atoms with E-state index >= 15 is 0 Å². The van der Waals surface area contributed by atoms with Crippen LogP contribution < -0.4 is 5.32 Å². The van der Waals surface area contributed by atoms with Crippen LogP contribution in [0, 0.1) is 5.92 Å². The van der Waals surface area contributed by atoms with Crippen molar-refractivity contribution in [3.63, 3.8) is 0 Å². The van der Waals surface area contributed by atoms with Crippen LogP contribution in [0.4, 0.5) is 0 Å². The van der Waals surface area contributed by atoms with Crippen LogP contribution in [0.15, 0.2) is 29.4 Å². The van der Waals surface area contributed by atoms with Crippen LogP contribution in [-0.4, -0.2) is 28.3 Å². The minimum absolute atomic E-state index is 0.0214. The molecule has 1 heterocycles. The maximum Gasteiger partial charge on any atom is 0.230 e. The van der Waals surface area contributed by atoms with E-state index in [2.05, 4.69) is 34.8 Å². The molecule has 0 aliphatic rings. The van der Waals surface area contributed by atoms with Gasteiger partial charge in [-0.2, -0.15) is 0 Å². The molecule has 0 saturated carbocycles. The van der Waals surface area contributed by atoms with E-state index < -0.39 is 0 Å². The molecule has 2 aromatic rings. The molecule has 102 valence electrons. The summed E-state index contributed by atoms with van der Waals surface area (Å²) in [4.78, 5) is 16.0. The molecule has 1 aromatic heterocycles. The van der Waals surface area contributed by atoms with Crippen LogP contribution in [0.1, 0.15) is 13.8 Å². The number of nitrogens with one attached hydrogen (secondary N) is 1. The Balaban J connectivity index is 2.32. The third-order valence-electron chi connectivity index (χ3n) is 2.78. The molecule has 0 saturated heterocycles. The summed E-state index contributed by atoms with van der Waals surface area (Å²) in [7, 11) is 1.65. The fraction of sp³-hybridized carbons (Fsp3) is 0.429. The first kappa shape index (κ1) is 13.9. The molecule has 1 aromatic carbocycles. The Morgan fingerprint density at radius 3 is 2.84 bits per heavy atom. The van der Waals surface area contributed by atoms with Crippen LogP contribution in [0.3, 0.4) is 0 Å². The Morgan fingerprint density at radius 2 is 2.16 bits per heavy atom. The zero-order valence-corrected chi connectivity index (χ0v) is 12.3. The van der Waals surface area contributed by atoms with Gasteiger partial charge in [0.2, 0.25) is 5.91 Å². The van der Waals surface area contributed by atoms with Crippen molar-refractivity contribution in [3.05, 3.63) is 24.3 Å². The second-order valence-electron chi connectivity index (χ2n) is 4.85. The summed E-state index contributed by atoms with van der Waals surface area (Å²) in [5.74, 6) is 0.961. The number of aromatic nitrogens is 2. The number of carbonyl (C=O) groups excluding carboxylic acids is 1. The van der Waals surface area contributed by atoms with Crippen molar-refractivity contribution in [1.82, 2.24) is 14.9 Å². The van der Waals surface area contributed by atoms with Crippen molar-refractivity contribution in [2.45, 2.75) is 25.5 Å². The highest BCUT2D eigenvalue weighted by molar-refractivity contribution is 7.99. The van der Waals surface area contributed by atoms with Gasteiger partial charge in [0.25, 0.3) is 0 Å². The third-order valence-corrected chi connectivity index (χ3v) is 3.75. The maximum atomic E-state index is 11.4. The van der Waals surface area contributed by atoms with E-state index in [-0.39, 0.29) is 5.91 Å². The highest BCUT2D eigenvalue weighted by Gasteiger charge is 2.13. The van der Waals surface area contributed by atoms with Gasteiger partial charge in [0.1, 0.15) is 0 Å². The fourth-order valence-corrected chi connectivity index (χ4v) is 2.80. The molecule has 0 bridgehead atoms. The molecule has 1 amide bonds. The molecular formula is C14H19N3OS. The lowest BCUT2D eigenvalue weighted by atomic mass is 10.2. The number of carbonyl (C=O) groups is 1. The van der Waals surface area contributed by atoms with Crippen molar-refractivity contribution in [1.29, 1.82) is 0 Å². The minimum atomic E-state index is 0.0214. The fourth-order valence-electron chi connectivity index (χ4n) is 1.91. The summed E-state index contributed by atoms with van der Waals surface area (Å²) in [6.07, 6.45) is 0. The summed E-state index contributed by atoms with van der Waals surface area (Å²) in [6.45, 7) is 5.28. The highest BCUT2D eigenvalue weighted by atomic mass is 32.2. The normalized spacial score (nSPS) is 11.2. The quantitative estimate of drug-likeness (QED) is 0.854. The molecule has 0 atom stereocenters. The molecule has 1 N–H and O–H groups in total. The minimum Gasteiger partial charge on any atom is -0.358 e. The molecule has 0 fully saturated rings. The average molecular weight is 277 g/mol. The summed E-state index contributed by atoms with van der Waals surface area (Å²) in [6, 6.07) is 8.10. The number of imidazole rings is 1. The lowest BCUT2D eigenvalue weighted by Gasteiger charge is -2.11. The lowest BCUT2D eigenvalue weighted by Crippen LogP contribution is -2.20. The molecule has 5 heteroatoms. The number of hydrogen-bond donors (Lipinski definition) is 1. The van der Waals surface area contributed by atoms with Crippen molar-refractivity contribution in [3.8, 4) is 0 Å². The smallest absolute Gasteiger partial charge is 0.230 e. The molecule has 0 aliphatic heterocycles. The molecule has 0 radical (unpaired) electrons. The topological polar surface area (TPSA) is 46.9 Å². The lowest BCUT2D eigenvalue weighted by molar-refractivity contribution is -0.118. The first-order valence-corrected chi connectivity index (χ1v) is 7.39. The van der Waals surface area contributed by atoms with E-state index in [4.69, 9.17) is 0 Å². The number of rotatable bonds is 5. The number of hydrogen-bond acceptors (Lipinski definition) is 3. The van der Waals surface area contributed by atoms with Gasteiger partial charge in [0.15, 0.2) is 5.16 Å². The van der Waals surface area contributed by atoms with Gasteiger partial charge >= 0.3 is 0 Å². The van der Waals surface area contributed by atoms with Crippen molar-refractivity contribution in [2.24, 2.45) is 5.92 Å². The number of benzene rings is 1. The summed E-state index contributed by atoms with van der Waals surface area (Å²) >= 11 is 1.49. The van der Waals surface area contributed by atoms with E-state index in [0.29, 0.717) is 11.7 Å². The summed E-state index contributed by atoms with van der Waals surface area (Å²) < 4.78 is 2.20. The molecular weight excluding hydrogens is 258 g/mol. The largest absolute Gasteiger partial charge is 0.358 e. The zero-order chi connectivity index (χ0) is 13.8. The van der Waals surface area contributed by atoms with Gasteiger partial charge < -0.3 is 9.88 Å². The first-order chi connectivity index (χ1) is 9.11. The maximum absolute atomic E-state index is 11.4. The van der Waals surface area contributed by atoms with Gasteiger partial charge in [0.05, 0.1) is 16.8 Å². The van der Waals surface area contributed by atoms with Crippen LogP contribution in [0.25, 0.3) is 11.0 Å². The number of para-hydroxylation sites is 2. The third kappa shape index (κ3) is 3.29. The second kappa shape index (κ2) is 6.10. The highest BCUT2D eigenvalue weighted by Crippen LogP contribution is 2.24. The Bertz CT molecular complexity index is 577. The second-order valence-corrected chi connectivity index (χ2v) is 5.79. The average Bonchev–Trinajstić information content (AvgIpc) is 2.74. The Morgan fingerprint density at radius 1 is 1.42 bits per heavy atom. The SMILES string of the molecule is CNC(=O)CSc1nc2ccccc2n1CC(C)C. The number of amides is 1. The first-order valence-electron chi connectivity index (χ1n) is 6.40. The van der Waals surface area contributed by atoms with E-state index in [1.165, 1.54) is 11.8 Å². The Labute approximate surface area is 117 Å². The van der Waals surface area contributed by atoms with Gasteiger partial charge in [-0.05, 0) is 18.1 Å². The van der Waals surface area contributed by atoms with Crippen LogP contribution in [-0.2, 0) is 11.3 Å². The van der Waals surface area contributed by atoms with E-state index in [0.717, 1.165) is 22.7 Å². The number of fused-ring (bicyclic) bond motifs is 1. The van der Waals surface area contributed by atoms with E-state index in [1.807, 2.05) is 18.2 Å². The van der Waals surface area contributed by atoms with Crippen molar-refractivity contribution in [2.75, 3.05) is 12.8 Å². The Hall–Kier alpha value is -1.49. The van der Waals surface area contributed by atoms with Crippen LogP contribution in [0.2, 0.25) is 0 Å². The molecule has 0 spiro atoms. The summed E-state index contributed by atoms with van der Waals surface area (Å²) in [5.41, 5.74) is 2.12. The van der Waals surface area contributed by atoms with Gasteiger partial charge in [0, 0.05) is 13.6 Å². The van der Waals surface area contributed by atoms with Gasteiger partial charge in [-0.15, -0.1) is 0 Å². The molecule has 4 nitrogen and oxygen atoms in total. The van der Waals surface area contributed by atoms with Crippen molar-refractivity contribution >= 4 is 28.7 Å². The van der Waals surface area contributed by atoms with E-state index in [9.17, 15) is 4.79 Å². The summed E-state index contributed by atoms with van der Waals surface area (Å²) in [5, 5.41) is 3.55. The standard InChI is InChI=1S/C14H19N3OS/c1-10(2)8-17-12-7-5-4-6-11(12)16-14(17)19-9-13(18)15-3/h4-7,10H,8-9H2,1-3H3,(H,15,18). The van der Waals surface area contributed by atoms with Crippen LogP contribution >= 0.6 is 11.8 Å². The van der Waals surface area contributed by atoms with E-state index in [1.54, 1.807) is 7.05 Å². The predicted octanol–water partition coefficient (Wildman–Crippen LogP) is 2.53. The van der Waals surface area contributed by atoms with Gasteiger partial charge in [-0.25, -0.2) is 4.98 Å². The predicted molar refractivity (Wildman–Crippen MR) is 79.4 cm³/mol. The molecule has 0 unspecified atom stereocenters. The zero-order valence-electron chi connectivity index (χ0n) is 11.5. The monoisotopic (exact) mass is 277 g/mol. The molecule has 2 rings (SSSR count). The number of thioether (sulfide) groups is 1. The van der Waals surface area contributed by atoms with Crippen LogP contribution in [0.5, 0.6) is 0 Å². The Kier molecular flexibility index (Phi) is 4.47. The molecule has 0 aliphatic carbocycles. The number of nitrogens with zero attached hydrogens (tertiary/aromatic N) is 2.